The number of halogens is 1. The van der Waals surface area contributed by atoms with Crippen LogP contribution in [0.5, 0.6) is 0 Å². The summed E-state index contributed by atoms with van der Waals surface area (Å²) in [6, 6.07) is 14.7. The van der Waals surface area contributed by atoms with Crippen molar-refractivity contribution in [3.63, 3.8) is 0 Å². The van der Waals surface area contributed by atoms with Crippen molar-refractivity contribution in [2.45, 2.75) is 32.2 Å². The smallest absolute Gasteiger partial charge is 0.317 e. The van der Waals surface area contributed by atoms with E-state index in [9.17, 15) is 9.18 Å². The number of nitrogens with zero attached hydrogens (tertiary/aromatic N) is 1. The number of para-hydroxylation sites is 1. The topological polar surface area (TPSA) is 48.1 Å². The first kappa shape index (κ1) is 17.6. The van der Waals surface area contributed by atoms with Crippen molar-refractivity contribution in [3.8, 4) is 0 Å². The quantitative estimate of drug-likeness (QED) is 0.691. The van der Waals surface area contributed by atoms with Crippen LogP contribution in [0.4, 0.5) is 9.18 Å². The summed E-state index contributed by atoms with van der Waals surface area (Å²) >= 11 is 0. The number of aromatic amines is 1. The van der Waals surface area contributed by atoms with E-state index in [-0.39, 0.29) is 17.9 Å². The predicted molar refractivity (Wildman–Crippen MR) is 105 cm³/mol. The molecule has 1 aliphatic rings. The molecule has 2 N–H and O–H groups in total. The number of benzene rings is 2. The van der Waals surface area contributed by atoms with Crippen LogP contribution in [0.15, 0.2) is 48.5 Å². The monoisotopic (exact) mass is 365 g/mol. The van der Waals surface area contributed by atoms with Gasteiger partial charge in [-0.15, -0.1) is 0 Å². The number of hydrogen-bond donors (Lipinski definition) is 2. The maximum atomic E-state index is 13.6. The third-order valence-corrected chi connectivity index (χ3v) is 5.43. The molecule has 2 heterocycles. The molecule has 5 heteroatoms. The van der Waals surface area contributed by atoms with Crippen molar-refractivity contribution in [2.75, 3.05) is 13.1 Å². The summed E-state index contributed by atoms with van der Waals surface area (Å²) in [4.78, 5) is 17.9. The summed E-state index contributed by atoms with van der Waals surface area (Å²) in [5.74, 6) is -0.255. The summed E-state index contributed by atoms with van der Waals surface area (Å²) in [5, 5.41) is 4.26. The van der Waals surface area contributed by atoms with Crippen molar-refractivity contribution < 1.29 is 9.18 Å². The number of fused-ring (bicyclic) bond motifs is 1. The Balaban J connectivity index is 1.41. The average Bonchev–Trinajstić information content (AvgIpc) is 3.27. The minimum Gasteiger partial charge on any atom is -0.358 e. The first-order valence-electron chi connectivity index (χ1n) is 9.49. The molecule has 1 atom stereocenters. The van der Waals surface area contributed by atoms with E-state index in [0.717, 1.165) is 36.0 Å². The molecule has 2 aromatic carbocycles. The molecule has 1 unspecified atom stereocenters. The van der Waals surface area contributed by atoms with Crippen LogP contribution in [0.3, 0.4) is 0 Å². The van der Waals surface area contributed by atoms with Crippen LogP contribution in [0.2, 0.25) is 0 Å². The Morgan fingerprint density at radius 1 is 1.26 bits per heavy atom. The van der Waals surface area contributed by atoms with Gasteiger partial charge in [0.05, 0.1) is 6.04 Å². The summed E-state index contributed by atoms with van der Waals surface area (Å²) in [6.45, 7) is 3.35. The molecule has 3 aromatic rings. The summed E-state index contributed by atoms with van der Waals surface area (Å²) in [5.41, 5.74) is 4.38. The molecule has 0 spiro atoms. The first-order chi connectivity index (χ1) is 13.1. The molecule has 0 radical (unpaired) electrons. The largest absolute Gasteiger partial charge is 0.358 e. The van der Waals surface area contributed by atoms with Crippen molar-refractivity contribution in [3.05, 3.63) is 71.2 Å². The lowest BCUT2D eigenvalue weighted by Gasteiger charge is -2.25. The van der Waals surface area contributed by atoms with Crippen LogP contribution in [-0.2, 0) is 6.42 Å². The van der Waals surface area contributed by atoms with E-state index in [1.807, 2.05) is 23.1 Å². The van der Waals surface area contributed by atoms with Crippen LogP contribution in [-0.4, -0.2) is 29.0 Å². The lowest BCUT2D eigenvalue weighted by molar-refractivity contribution is 0.193. The molecule has 1 aliphatic heterocycles. The van der Waals surface area contributed by atoms with Gasteiger partial charge >= 0.3 is 6.03 Å². The number of carbonyl (C=O) groups excluding carboxylic acids is 1. The standard InChI is InChI=1S/C22H24FN3O/c1-15-18(19-8-2-3-9-20(19)25-15)11-12-24-22(27)26-13-5-10-21(26)16-6-4-7-17(23)14-16/h2-4,6-9,14,21,25H,5,10-13H2,1H3,(H,24,27). The molecular weight excluding hydrogens is 341 g/mol. The first-order valence-corrected chi connectivity index (χ1v) is 9.49. The van der Waals surface area contributed by atoms with Crippen molar-refractivity contribution in [2.24, 2.45) is 0 Å². The van der Waals surface area contributed by atoms with E-state index < -0.39 is 0 Å². The van der Waals surface area contributed by atoms with Crippen LogP contribution in [0.1, 0.15) is 35.7 Å². The Kier molecular flexibility index (Phi) is 4.84. The van der Waals surface area contributed by atoms with Gasteiger partial charge in [-0.05, 0) is 55.5 Å². The van der Waals surface area contributed by atoms with Gasteiger partial charge in [-0.25, -0.2) is 9.18 Å². The number of carbonyl (C=O) groups is 1. The summed E-state index contributed by atoms with van der Waals surface area (Å²) < 4.78 is 13.6. The molecule has 1 aromatic heterocycles. The minimum absolute atomic E-state index is 0.0458. The number of aromatic nitrogens is 1. The molecule has 0 saturated carbocycles. The fourth-order valence-corrected chi connectivity index (χ4v) is 4.12. The molecule has 27 heavy (non-hydrogen) atoms. The van der Waals surface area contributed by atoms with Gasteiger partial charge in [0.1, 0.15) is 5.82 Å². The minimum atomic E-state index is -0.255. The highest BCUT2D eigenvalue weighted by Gasteiger charge is 2.30. The van der Waals surface area contributed by atoms with Crippen LogP contribution < -0.4 is 5.32 Å². The molecule has 1 fully saturated rings. The van der Waals surface area contributed by atoms with Crippen molar-refractivity contribution >= 4 is 16.9 Å². The maximum absolute atomic E-state index is 13.6. The third-order valence-electron chi connectivity index (χ3n) is 5.43. The molecule has 2 amide bonds. The summed E-state index contributed by atoms with van der Waals surface area (Å²) in [6.07, 6.45) is 2.59. The highest BCUT2D eigenvalue weighted by atomic mass is 19.1. The predicted octanol–water partition coefficient (Wildman–Crippen LogP) is 4.70. The zero-order valence-electron chi connectivity index (χ0n) is 15.5. The number of H-pyrrole nitrogens is 1. The molecule has 4 rings (SSSR count). The van der Waals surface area contributed by atoms with Gasteiger partial charge < -0.3 is 15.2 Å². The number of aryl methyl sites for hydroxylation is 1. The van der Waals surface area contributed by atoms with E-state index in [1.54, 1.807) is 6.07 Å². The fourth-order valence-electron chi connectivity index (χ4n) is 4.12. The number of likely N-dealkylation sites (tertiary alicyclic amines) is 1. The average molecular weight is 365 g/mol. The summed E-state index contributed by atoms with van der Waals surface area (Å²) in [7, 11) is 0. The van der Waals surface area contributed by atoms with Gasteiger partial charge in [0, 0.05) is 29.7 Å². The van der Waals surface area contributed by atoms with Gasteiger partial charge in [0.25, 0.3) is 0 Å². The van der Waals surface area contributed by atoms with Crippen LogP contribution in [0.25, 0.3) is 10.9 Å². The zero-order valence-corrected chi connectivity index (χ0v) is 15.5. The highest BCUT2D eigenvalue weighted by Crippen LogP contribution is 2.32. The molecule has 0 aliphatic carbocycles. The Hall–Kier alpha value is -2.82. The number of hydrogen-bond acceptors (Lipinski definition) is 1. The molecular formula is C22H24FN3O. The SMILES string of the molecule is Cc1[nH]c2ccccc2c1CCNC(=O)N1CCCC1c1cccc(F)c1. The van der Waals surface area contributed by atoms with Gasteiger partial charge in [-0.3, -0.25) is 0 Å². The zero-order chi connectivity index (χ0) is 18.8. The number of nitrogens with one attached hydrogen (secondary N) is 2. The second-order valence-corrected chi connectivity index (χ2v) is 7.16. The molecule has 0 bridgehead atoms. The second-order valence-electron chi connectivity index (χ2n) is 7.16. The molecule has 1 saturated heterocycles. The Morgan fingerprint density at radius 3 is 2.96 bits per heavy atom. The third kappa shape index (κ3) is 3.54. The van der Waals surface area contributed by atoms with E-state index in [0.29, 0.717) is 13.1 Å². The van der Waals surface area contributed by atoms with E-state index >= 15 is 0 Å². The lowest BCUT2D eigenvalue weighted by atomic mass is 10.0. The number of urea groups is 1. The van der Waals surface area contributed by atoms with Gasteiger partial charge in [-0.2, -0.15) is 0 Å². The van der Waals surface area contributed by atoms with E-state index in [4.69, 9.17) is 0 Å². The van der Waals surface area contributed by atoms with Crippen molar-refractivity contribution in [1.29, 1.82) is 0 Å². The highest BCUT2D eigenvalue weighted by molar-refractivity contribution is 5.84. The van der Waals surface area contributed by atoms with E-state index in [2.05, 4.69) is 29.4 Å². The second kappa shape index (κ2) is 7.43. The maximum Gasteiger partial charge on any atom is 0.317 e. The Bertz CT molecular complexity index is 965. The van der Waals surface area contributed by atoms with E-state index in [1.165, 1.54) is 23.1 Å². The Labute approximate surface area is 158 Å². The van der Waals surface area contributed by atoms with Crippen LogP contribution in [0, 0.1) is 12.7 Å². The van der Waals surface area contributed by atoms with Gasteiger partial charge in [-0.1, -0.05) is 30.3 Å². The number of rotatable bonds is 4. The Morgan fingerprint density at radius 2 is 2.11 bits per heavy atom. The lowest BCUT2D eigenvalue weighted by Crippen LogP contribution is -2.40. The molecule has 4 nitrogen and oxygen atoms in total. The molecule has 140 valence electrons. The van der Waals surface area contributed by atoms with Gasteiger partial charge in [0.15, 0.2) is 0 Å². The number of amides is 2. The van der Waals surface area contributed by atoms with Crippen LogP contribution >= 0.6 is 0 Å². The van der Waals surface area contributed by atoms with Crippen molar-refractivity contribution in [1.82, 2.24) is 15.2 Å². The fraction of sp³-hybridized carbons (Fsp3) is 0.318. The normalized spacial score (nSPS) is 16.8. The van der Waals surface area contributed by atoms with Gasteiger partial charge in [0.2, 0.25) is 0 Å².